The van der Waals surface area contributed by atoms with Gasteiger partial charge in [-0.25, -0.2) is 9.86 Å². The van der Waals surface area contributed by atoms with Crippen LogP contribution in [0.2, 0.25) is 0 Å². The Bertz CT molecular complexity index is 590. The van der Waals surface area contributed by atoms with Crippen molar-refractivity contribution in [3.05, 3.63) is 35.4 Å². The molecular weight excluding hydrogens is 334 g/mol. The van der Waals surface area contributed by atoms with Gasteiger partial charge in [0.15, 0.2) is 0 Å². The van der Waals surface area contributed by atoms with E-state index in [9.17, 15) is 19.5 Å². The van der Waals surface area contributed by atoms with Crippen molar-refractivity contribution in [1.82, 2.24) is 5.06 Å². The zero-order chi connectivity index (χ0) is 18.1. The molecule has 8 heteroatoms. The molecule has 24 heavy (non-hydrogen) atoms. The number of nitrogens with zero attached hydrogens (tertiary/aromatic N) is 1. The summed E-state index contributed by atoms with van der Waals surface area (Å²) in [6, 6.07) is 6.27. The van der Waals surface area contributed by atoms with Crippen molar-refractivity contribution in [1.29, 1.82) is 0 Å². The molecule has 0 bridgehead atoms. The van der Waals surface area contributed by atoms with Gasteiger partial charge >= 0.3 is 11.9 Å². The average Bonchev–Trinajstić information content (AvgIpc) is 2.53. The lowest BCUT2D eigenvalue weighted by atomic mass is 9.94. The molecule has 1 unspecified atom stereocenters. The van der Waals surface area contributed by atoms with E-state index < -0.39 is 23.8 Å². The summed E-state index contributed by atoms with van der Waals surface area (Å²) in [5, 5.41) is 27.7. The van der Waals surface area contributed by atoms with Gasteiger partial charge in [0.2, 0.25) is 0 Å². The minimum Gasteiger partial charge on any atom is -0.481 e. The number of carboxylic acid groups (broad SMARTS) is 2. The summed E-state index contributed by atoms with van der Waals surface area (Å²) in [6.07, 6.45) is 1.31. The lowest BCUT2D eigenvalue weighted by molar-refractivity contribution is -0.155. The molecule has 0 saturated heterocycles. The van der Waals surface area contributed by atoms with Crippen molar-refractivity contribution in [3.63, 3.8) is 0 Å². The molecule has 0 heterocycles. The number of carbonyl (C=O) groups is 3. The predicted octanol–water partition coefficient (Wildman–Crippen LogP) is 1.99. The van der Waals surface area contributed by atoms with Crippen LogP contribution in [0, 0.1) is 5.92 Å². The molecule has 0 aliphatic rings. The number of hydrogen-bond acceptors (Lipinski definition) is 5. The standard InChI is InChI=1S/C16H21NO6S/c1-17(23)14(18)10-24-7-3-6-13(16(21)22)9-11-4-2-5-12(8-11)15(19)20/h2,4-5,8,13,23H,3,6-7,9-10H2,1H3,(H,19,20)(H,21,22). The molecule has 0 fully saturated rings. The zero-order valence-corrected chi connectivity index (χ0v) is 14.2. The van der Waals surface area contributed by atoms with Gasteiger partial charge < -0.3 is 10.2 Å². The summed E-state index contributed by atoms with van der Waals surface area (Å²) in [5.74, 6) is -2.22. The van der Waals surface area contributed by atoms with Crippen LogP contribution in [-0.4, -0.2) is 56.9 Å². The Balaban J connectivity index is 2.47. The number of benzene rings is 1. The maximum Gasteiger partial charge on any atom is 0.335 e. The van der Waals surface area contributed by atoms with E-state index >= 15 is 0 Å². The van der Waals surface area contributed by atoms with Gasteiger partial charge in [-0.15, -0.1) is 0 Å². The predicted molar refractivity (Wildman–Crippen MR) is 89.3 cm³/mol. The molecular formula is C16H21NO6S. The highest BCUT2D eigenvalue weighted by Gasteiger charge is 2.18. The first-order chi connectivity index (χ1) is 11.3. The first-order valence-electron chi connectivity index (χ1n) is 7.39. The van der Waals surface area contributed by atoms with Crippen LogP contribution in [0.1, 0.15) is 28.8 Å². The molecule has 1 amide bonds. The topological polar surface area (TPSA) is 115 Å². The number of hydroxylamine groups is 2. The van der Waals surface area contributed by atoms with Gasteiger partial charge in [0.1, 0.15) is 0 Å². The lowest BCUT2D eigenvalue weighted by Crippen LogP contribution is -2.24. The second-order valence-corrected chi connectivity index (χ2v) is 6.46. The Hall–Kier alpha value is -2.06. The number of amides is 1. The summed E-state index contributed by atoms with van der Waals surface area (Å²) >= 11 is 1.33. The van der Waals surface area contributed by atoms with Gasteiger partial charge in [0.05, 0.1) is 17.2 Å². The van der Waals surface area contributed by atoms with Gasteiger partial charge in [0.25, 0.3) is 5.91 Å². The fourth-order valence-corrected chi connectivity index (χ4v) is 2.99. The van der Waals surface area contributed by atoms with Crippen molar-refractivity contribution in [2.75, 3.05) is 18.6 Å². The van der Waals surface area contributed by atoms with Gasteiger partial charge in [0, 0.05) is 7.05 Å². The number of hydrogen-bond donors (Lipinski definition) is 3. The number of carbonyl (C=O) groups excluding carboxylic acids is 1. The molecule has 7 nitrogen and oxygen atoms in total. The highest BCUT2D eigenvalue weighted by Crippen LogP contribution is 2.18. The van der Waals surface area contributed by atoms with Crippen LogP contribution in [0.4, 0.5) is 0 Å². The van der Waals surface area contributed by atoms with Crippen molar-refractivity contribution in [2.24, 2.45) is 5.92 Å². The Morgan fingerprint density at radius 3 is 2.54 bits per heavy atom. The first-order valence-corrected chi connectivity index (χ1v) is 8.55. The number of carboxylic acids is 2. The normalized spacial score (nSPS) is 11.8. The Labute approximate surface area is 144 Å². The highest BCUT2D eigenvalue weighted by atomic mass is 32.2. The van der Waals surface area contributed by atoms with E-state index in [2.05, 4.69) is 0 Å². The van der Waals surface area contributed by atoms with Gasteiger partial charge in [-0.2, -0.15) is 11.8 Å². The molecule has 1 aromatic rings. The third-order valence-electron chi connectivity index (χ3n) is 3.43. The SMILES string of the molecule is CN(O)C(=O)CSCCCC(Cc1cccc(C(=O)O)c1)C(=O)O. The fraction of sp³-hybridized carbons (Fsp3) is 0.438. The monoisotopic (exact) mass is 355 g/mol. The number of aliphatic carboxylic acids is 1. The maximum atomic E-state index is 11.4. The van der Waals surface area contributed by atoms with Crippen LogP contribution >= 0.6 is 11.8 Å². The van der Waals surface area contributed by atoms with E-state index in [1.807, 2.05) is 0 Å². The maximum absolute atomic E-state index is 11.4. The van der Waals surface area contributed by atoms with Crippen molar-refractivity contribution < 1.29 is 29.8 Å². The molecule has 0 aromatic heterocycles. The van der Waals surface area contributed by atoms with Crippen LogP contribution in [-0.2, 0) is 16.0 Å². The largest absolute Gasteiger partial charge is 0.481 e. The molecule has 0 radical (unpaired) electrons. The summed E-state index contributed by atoms with van der Waals surface area (Å²) in [4.78, 5) is 33.5. The number of rotatable bonds is 10. The minimum absolute atomic E-state index is 0.138. The minimum atomic E-state index is -1.04. The second kappa shape index (κ2) is 9.94. The molecule has 1 aromatic carbocycles. The van der Waals surface area contributed by atoms with E-state index in [-0.39, 0.29) is 17.7 Å². The van der Waals surface area contributed by atoms with Crippen molar-refractivity contribution in [3.8, 4) is 0 Å². The van der Waals surface area contributed by atoms with E-state index in [1.165, 1.54) is 30.9 Å². The summed E-state index contributed by atoms with van der Waals surface area (Å²) in [6.45, 7) is 0. The molecule has 132 valence electrons. The average molecular weight is 355 g/mol. The van der Waals surface area contributed by atoms with Gasteiger partial charge in [-0.3, -0.25) is 14.8 Å². The fourth-order valence-electron chi connectivity index (χ4n) is 2.11. The van der Waals surface area contributed by atoms with Gasteiger partial charge in [-0.1, -0.05) is 12.1 Å². The van der Waals surface area contributed by atoms with E-state index in [1.54, 1.807) is 12.1 Å². The molecule has 1 rings (SSSR count). The summed E-state index contributed by atoms with van der Waals surface area (Å²) in [5.41, 5.74) is 0.811. The Kier molecular flexibility index (Phi) is 8.28. The summed E-state index contributed by atoms with van der Waals surface area (Å²) in [7, 11) is 1.26. The Morgan fingerprint density at radius 1 is 1.25 bits per heavy atom. The van der Waals surface area contributed by atoms with Crippen molar-refractivity contribution in [2.45, 2.75) is 19.3 Å². The third-order valence-corrected chi connectivity index (χ3v) is 4.46. The van der Waals surface area contributed by atoms with Gasteiger partial charge in [-0.05, 0) is 42.7 Å². The molecule has 0 saturated carbocycles. The second-order valence-electron chi connectivity index (χ2n) is 5.36. The number of aromatic carboxylic acids is 1. The van der Waals surface area contributed by atoms with E-state index in [0.717, 1.165) is 0 Å². The van der Waals surface area contributed by atoms with Crippen molar-refractivity contribution >= 4 is 29.6 Å². The van der Waals surface area contributed by atoms with Crippen LogP contribution < -0.4 is 0 Å². The van der Waals surface area contributed by atoms with Crippen LogP contribution in [0.25, 0.3) is 0 Å². The lowest BCUT2D eigenvalue weighted by Gasteiger charge is -2.13. The molecule has 0 aliphatic carbocycles. The van der Waals surface area contributed by atoms with Crippen LogP contribution in [0.5, 0.6) is 0 Å². The molecule has 3 N–H and O–H groups in total. The number of thioether (sulfide) groups is 1. The Morgan fingerprint density at radius 2 is 1.96 bits per heavy atom. The van der Waals surface area contributed by atoms with Crippen LogP contribution in [0.3, 0.4) is 0 Å². The van der Waals surface area contributed by atoms with E-state index in [4.69, 9.17) is 10.3 Å². The zero-order valence-electron chi connectivity index (χ0n) is 13.3. The highest BCUT2D eigenvalue weighted by molar-refractivity contribution is 7.99. The molecule has 1 atom stereocenters. The summed E-state index contributed by atoms with van der Waals surface area (Å²) < 4.78 is 0. The molecule has 0 spiro atoms. The smallest absolute Gasteiger partial charge is 0.335 e. The first kappa shape index (κ1) is 20.0. The third kappa shape index (κ3) is 7.01. The van der Waals surface area contributed by atoms with Crippen LogP contribution in [0.15, 0.2) is 24.3 Å². The quantitative estimate of drug-likeness (QED) is 0.334. The van der Waals surface area contributed by atoms with E-state index in [0.29, 0.717) is 29.2 Å². The molecule has 0 aliphatic heterocycles.